The first kappa shape index (κ1) is 16.4. The SMILES string of the molecule is CCC(C)N(CCOC)CC(C)(NC)C(N)=O. The van der Waals surface area contributed by atoms with Crippen LogP contribution in [0.2, 0.25) is 0 Å². The topological polar surface area (TPSA) is 67.6 Å². The van der Waals surface area contributed by atoms with Gasteiger partial charge in [0.15, 0.2) is 0 Å². The van der Waals surface area contributed by atoms with E-state index in [1.807, 2.05) is 6.92 Å². The molecule has 0 bridgehead atoms. The van der Waals surface area contributed by atoms with Crippen molar-refractivity contribution in [3.8, 4) is 0 Å². The third-order valence-corrected chi connectivity index (χ3v) is 3.41. The van der Waals surface area contributed by atoms with Crippen LogP contribution in [-0.4, -0.2) is 56.2 Å². The molecule has 0 radical (unpaired) electrons. The molecule has 17 heavy (non-hydrogen) atoms. The molecular formula is C12H27N3O2. The molecule has 1 amide bonds. The van der Waals surface area contributed by atoms with Crippen LogP contribution in [0, 0.1) is 0 Å². The van der Waals surface area contributed by atoms with Crippen molar-refractivity contribution in [2.24, 2.45) is 5.73 Å². The van der Waals surface area contributed by atoms with Crippen LogP contribution in [0.25, 0.3) is 0 Å². The highest BCUT2D eigenvalue weighted by atomic mass is 16.5. The summed E-state index contributed by atoms with van der Waals surface area (Å²) < 4.78 is 5.10. The summed E-state index contributed by atoms with van der Waals surface area (Å²) in [5, 5.41) is 3.01. The van der Waals surface area contributed by atoms with Crippen LogP contribution in [0.15, 0.2) is 0 Å². The molecular weight excluding hydrogens is 218 g/mol. The minimum atomic E-state index is -0.697. The number of ether oxygens (including phenoxy) is 1. The molecule has 3 N–H and O–H groups in total. The number of primary amides is 1. The molecule has 2 atom stereocenters. The summed E-state index contributed by atoms with van der Waals surface area (Å²) >= 11 is 0. The van der Waals surface area contributed by atoms with E-state index < -0.39 is 5.54 Å². The third kappa shape index (κ3) is 5.02. The van der Waals surface area contributed by atoms with Crippen LogP contribution in [0.3, 0.4) is 0 Å². The van der Waals surface area contributed by atoms with Crippen molar-refractivity contribution in [2.75, 3.05) is 33.9 Å². The molecule has 0 saturated carbocycles. The van der Waals surface area contributed by atoms with Crippen LogP contribution in [0.4, 0.5) is 0 Å². The highest BCUT2D eigenvalue weighted by Gasteiger charge is 2.32. The number of nitrogens with two attached hydrogens (primary N) is 1. The maximum atomic E-state index is 11.5. The number of nitrogens with zero attached hydrogens (tertiary/aromatic N) is 1. The van der Waals surface area contributed by atoms with Crippen LogP contribution < -0.4 is 11.1 Å². The Hall–Kier alpha value is -0.650. The second-order valence-corrected chi connectivity index (χ2v) is 4.67. The van der Waals surface area contributed by atoms with E-state index in [4.69, 9.17) is 10.5 Å². The van der Waals surface area contributed by atoms with Crippen molar-refractivity contribution in [2.45, 2.75) is 38.8 Å². The first-order valence-corrected chi connectivity index (χ1v) is 6.13. The lowest BCUT2D eigenvalue weighted by Gasteiger charge is -2.36. The highest BCUT2D eigenvalue weighted by molar-refractivity contribution is 5.84. The van der Waals surface area contributed by atoms with E-state index >= 15 is 0 Å². The molecule has 0 aliphatic rings. The lowest BCUT2D eigenvalue weighted by molar-refractivity contribution is -0.124. The van der Waals surface area contributed by atoms with Crippen molar-refractivity contribution in [1.82, 2.24) is 10.2 Å². The van der Waals surface area contributed by atoms with Crippen LogP contribution in [-0.2, 0) is 9.53 Å². The number of nitrogens with one attached hydrogen (secondary N) is 1. The maximum Gasteiger partial charge on any atom is 0.238 e. The van der Waals surface area contributed by atoms with E-state index in [1.54, 1.807) is 14.2 Å². The molecule has 0 heterocycles. The molecule has 0 saturated heterocycles. The Morgan fingerprint density at radius 3 is 2.53 bits per heavy atom. The quantitative estimate of drug-likeness (QED) is 0.609. The Morgan fingerprint density at radius 2 is 2.18 bits per heavy atom. The number of hydrogen-bond acceptors (Lipinski definition) is 4. The minimum absolute atomic E-state index is 0.328. The number of amides is 1. The van der Waals surface area contributed by atoms with Gasteiger partial charge in [0.25, 0.3) is 0 Å². The van der Waals surface area contributed by atoms with Crippen molar-refractivity contribution < 1.29 is 9.53 Å². The summed E-state index contributed by atoms with van der Waals surface area (Å²) in [6.45, 7) is 8.16. The Balaban J connectivity index is 4.64. The Morgan fingerprint density at radius 1 is 1.59 bits per heavy atom. The van der Waals surface area contributed by atoms with Gasteiger partial charge in [0.05, 0.1) is 6.61 Å². The zero-order chi connectivity index (χ0) is 13.5. The molecule has 0 aliphatic carbocycles. The largest absolute Gasteiger partial charge is 0.383 e. The lowest BCUT2D eigenvalue weighted by atomic mass is 10.00. The molecule has 0 aliphatic heterocycles. The normalized spacial score (nSPS) is 16.8. The van der Waals surface area contributed by atoms with Gasteiger partial charge >= 0.3 is 0 Å². The predicted molar refractivity (Wildman–Crippen MR) is 69.9 cm³/mol. The van der Waals surface area contributed by atoms with E-state index in [0.29, 0.717) is 19.2 Å². The second-order valence-electron chi connectivity index (χ2n) is 4.67. The number of rotatable bonds is 9. The van der Waals surface area contributed by atoms with Gasteiger partial charge in [-0.3, -0.25) is 9.69 Å². The van der Waals surface area contributed by atoms with Crippen LogP contribution in [0.5, 0.6) is 0 Å². The standard InChI is InChI=1S/C12H27N3O2/c1-6-10(2)15(7-8-17-5)9-12(3,14-4)11(13)16/h10,14H,6-9H2,1-5H3,(H2,13,16). The Labute approximate surface area is 105 Å². The molecule has 0 aromatic carbocycles. The summed E-state index contributed by atoms with van der Waals surface area (Å²) in [5.41, 5.74) is 4.74. The summed E-state index contributed by atoms with van der Waals surface area (Å²) in [6.07, 6.45) is 1.03. The first-order chi connectivity index (χ1) is 7.91. The first-order valence-electron chi connectivity index (χ1n) is 6.13. The van der Waals surface area contributed by atoms with Crippen molar-refractivity contribution in [3.63, 3.8) is 0 Å². The summed E-state index contributed by atoms with van der Waals surface area (Å²) in [6, 6.07) is 0.400. The van der Waals surface area contributed by atoms with E-state index in [0.717, 1.165) is 13.0 Å². The Kier molecular flexibility index (Phi) is 7.34. The molecule has 0 rings (SSSR count). The molecule has 0 spiro atoms. The maximum absolute atomic E-state index is 11.5. The number of likely N-dealkylation sites (N-methyl/N-ethyl adjacent to an activating group) is 1. The predicted octanol–water partition coefficient (Wildman–Crippen LogP) is 0.197. The fraction of sp³-hybridized carbons (Fsp3) is 0.917. The van der Waals surface area contributed by atoms with Gasteiger partial charge in [-0.2, -0.15) is 0 Å². The van der Waals surface area contributed by atoms with E-state index in [-0.39, 0.29) is 5.91 Å². The van der Waals surface area contributed by atoms with Gasteiger partial charge in [0.1, 0.15) is 5.54 Å². The van der Waals surface area contributed by atoms with Gasteiger partial charge in [-0.1, -0.05) is 6.92 Å². The van der Waals surface area contributed by atoms with Gasteiger partial charge in [-0.15, -0.1) is 0 Å². The molecule has 0 aromatic heterocycles. The molecule has 2 unspecified atom stereocenters. The summed E-state index contributed by atoms with van der Waals surface area (Å²) in [7, 11) is 3.44. The fourth-order valence-corrected chi connectivity index (χ4v) is 1.61. The van der Waals surface area contributed by atoms with Gasteiger partial charge in [-0.05, 0) is 27.3 Å². The molecule has 5 heteroatoms. The van der Waals surface area contributed by atoms with E-state index in [1.165, 1.54) is 0 Å². The number of hydrogen-bond donors (Lipinski definition) is 2. The molecule has 0 aromatic rings. The van der Waals surface area contributed by atoms with Gasteiger partial charge in [0.2, 0.25) is 5.91 Å². The number of carbonyl (C=O) groups excluding carboxylic acids is 1. The Bertz CT molecular complexity index is 236. The van der Waals surface area contributed by atoms with Crippen LogP contribution in [0.1, 0.15) is 27.2 Å². The fourth-order valence-electron chi connectivity index (χ4n) is 1.61. The molecule has 0 fully saturated rings. The monoisotopic (exact) mass is 245 g/mol. The third-order valence-electron chi connectivity index (χ3n) is 3.41. The number of carbonyl (C=O) groups is 1. The van der Waals surface area contributed by atoms with Gasteiger partial charge < -0.3 is 15.8 Å². The summed E-state index contributed by atoms with van der Waals surface area (Å²) in [4.78, 5) is 13.7. The lowest BCUT2D eigenvalue weighted by Crippen LogP contribution is -2.59. The van der Waals surface area contributed by atoms with E-state index in [2.05, 4.69) is 24.1 Å². The van der Waals surface area contributed by atoms with Crippen molar-refractivity contribution >= 4 is 5.91 Å². The number of methoxy groups -OCH3 is 1. The van der Waals surface area contributed by atoms with Crippen molar-refractivity contribution in [1.29, 1.82) is 0 Å². The zero-order valence-corrected chi connectivity index (χ0v) is 11.7. The second kappa shape index (κ2) is 7.63. The smallest absolute Gasteiger partial charge is 0.238 e. The summed E-state index contributed by atoms with van der Waals surface area (Å²) in [5.74, 6) is -0.328. The highest BCUT2D eigenvalue weighted by Crippen LogP contribution is 2.11. The van der Waals surface area contributed by atoms with Crippen LogP contribution >= 0.6 is 0 Å². The van der Waals surface area contributed by atoms with E-state index in [9.17, 15) is 4.79 Å². The van der Waals surface area contributed by atoms with Gasteiger partial charge in [-0.25, -0.2) is 0 Å². The average Bonchev–Trinajstić information content (AvgIpc) is 2.32. The zero-order valence-electron chi connectivity index (χ0n) is 11.7. The van der Waals surface area contributed by atoms with Gasteiger partial charge in [0, 0.05) is 26.2 Å². The van der Waals surface area contributed by atoms with Crippen molar-refractivity contribution in [3.05, 3.63) is 0 Å². The molecule has 5 nitrogen and oxygen atoms in total. The molecule has 102 valence electrons. The average molecular weight is 245 g/mol. The minimum Gasteiger partial charge on any atom is -0.383 e.